The number of benzene rings is 2. The second-order valence-corrected chi connectivity index (χ2v) is 5.74. The van der Waals surface area contributed by atoms with E-state index in [2.05, 4.69) is 5.32 Å². The third kappa shape index (κ3) is 5.96. The van der Waals surface area contributed by atoms with Gasteiger partial charge in [0.05, 0.1) is 6.61 Å². The maximum absolute atomic E-state index is 12.3. The number of aliphatic hydroxyl groups excluding tert-OH is 1. The molecule has 6 heteroatoms. The van der Waals surface area contributed by atoms with Crippen LogP contribution < -0.4 is 5.32 Å². The molecule has 0 fully saturated rings. The van der Waals surface area contributed by atoms with Gasteiger partial charge in [-0.3, -0.25) is 4.79 Å². The van der Waals surface area contributed by atoms with Crippen LogP contribution in [-0.2, 0) is 11.3 Å². The lowest BCUT2D eigenvalue weighted by molar-refractivity contribution is -0.112. The highest BCUT2D eigenvalue weighted by Gasteiger charge is 2.12. The molecular weight excluding hydrogens is 338 g/mol. The van der Waals surface area contributed by atoms with Gasteiger partial charge in [-0.25, -0.2) is 0 Å². The molecule has 0 radical (unpaired) electrons. The average Bonchev–Trinajstić information content (AvgIpc) is 2.60. The standard InChI is InChI=1S/C19H18ClN3O2/c20-17-7-4-8-18(11-17)22-19(25)16(12-21)14-23(9-10-24)13-15-5-2-1-3-6-15/h1-8,11,14,24H,9-10,13H2,(H,22,25)/b16-14-. The number of hydrogen-bond donors (Lipinski definition) is 2. The van der Waals surface area contributed by atoms with Gasteiger partial charge >= 0.3 is 0 Å². The summed E-state index contributed by atoms with van der Waals surface area (Å²) >= 11 is 5.89. The number of nitriles is 1. The van der Waals surface area contributed by atoms with Crippen molar-refractivity contribution in [2.45, 2.75) is 6.54 Å². The molecule has 1 amide bonds. The first-order valence-corrected chi connectivity index (χ1v) is 8.08. The quantitative estimate of drug-likeness (QED) is 0.590. The Kier molecular flexibility index (Phi) is 7.02. The predicted octanol–water partition coefficient (Wildman–Crippen LogP) is 3.18. The van der Waals surface area contributed by atoms with E-state index >= 15 is 0 Å². The van der Waals surface area contributed by atoms with Gasteiger partial charge in [0, 0.05) is 30.0 Å². The molecule has 2 aromatic rings. The minimum absolute atomic E-state index is 0.0515. The van der Waals surface area contributed by atoms with Gasteiger partial charge in [0.2, 0.25) is 0 Å². The Morgan fingerprint density at radius 2 is 2.00 bits per heavy atom. The van der Waals surface area contributed by atoms with Crippen LogP contribution in [0, 0.1) is 11.3 Å². The Balaban J connectivity index is 2.14. The Labute approximate surface area is 151 Å². The number of anilines is 1. The van der Waals surface area contributed by atoms with E-state index in [0.717, 1.165) is 5.56 Å². The minimum atomic E-state index is -0.527. The summed E-state index contributed by atoms with van der Waals surface area (Å²) in [5.74, 6) is -0.527. The second-order valence-electron chi connectivity index (χ2n) is 5.30. The predicted molar refractivity (Wildman–Crippen MR) is 97.7 cm³/mol. The molecule has 0 spiro atoms. The van der Waals surface area contributed by atoms with Crippen LogP contribution in [0.1, 0.15) is 5.56 Å². The van der Waals surface area contributed by atoms with Gasteiger partial charge in [0.25, 0.3) is 5.91 Å². The Morgan fingerprint density at radius 1 is 1.24 bits per heavy atom. The molecule has 0 aromatic heterocycles. The van der Waals surface area contributed by atoms with E-state index in [0.29, 0.717) is 23.8 Å². The van der Waals surface area contributed by atoms with Gasteiger partial charge in [0.1, 0.15) is 11.6 Å². The number of carbonyl (C=O) groups is 1. The summed E-state index contributed by atoms with van der Waals surface area (Å²) < 4.78 is 0. The van der Waals surface area contributed by atoms with Gasteiger partial charge in [-0.15, -0.1) is 0 Å². The third-order valence-corrected chi connectivity index (χ3v) is 3.61. The van der Waals surface area contributed by atoms with Gasteiger partial charge in [-0.2, -0.15) is 5.26 Å². The van der Waals surface area contributed by atoms with Gasteiger partial charge in [-0.1, -0.05) is 48.0 Å². The molecule has 25 heavy (non-hydrogen) atoms. The Morgan fingerprint density at radius 3 is 2.64 bits per heavy atom. The summed E-state index contributed by atoms with van der Waals surface area (Å²) in [7, 11) is 0. The van der Waals surface area contributed by atoms with Crippen molar-refractivity contribution >= 4 is 23.2 Å². The molecule has 0 aliphatic carbocycles. The Bertz CT molecular complexity index is 785. The van der Waals surface area contributed by atoms with E-state index in [1.165, 1.54) is 6.20 Å². The van der Waals surface area contributed by atoms with E-state index in [9.17, 15) is 15.2 Å². The van der Waals surface area contributed by atoms with Crippen LogP contribution in [-0.4, -0.2) is 29.1 Å². The van der Waals surface area contributed by atoms with Crippen molar-refractivity contribution in [1.82, 2.24) is 4.90 Å². The first-order chi connectivity index (χ1) is 12.1. The SMILES string of the molecule is N#C/C(=C/N(CCO)Cc1ccccc1)C(=O)Nc1cccc(Cl)c1. The largest absolute Gasteiger partial charge is 0.395 e. The number of carbonyl (C=O) groups excluding carboxylic acids is 1. The monoisotopic (exact) mass is 355 g/mol. The fourth-order valence-electron chi connectivity index (χ4n) is 2.22. The molecule has 0 aliphatic rings. The number of rotatable bonds is 7. The molecule has 0 atom stereocenters. The number of nitrogens with zero attached hydrogens (tertiary/aromatic N) is 2. The summed E-state index contributed by atoms with van der Waals surface area (Å²) in [5, 5.41) is 21.7. The highest BCUT2D eigenvalue weighted by molar-refractivity contribution is 6.31. The molecule has 0 aliphatic heterocycles. The van der Waals surface area contributed by atoms with Crippen molar-refractivity contribution in [1.29, 1.82) is 5.26 Å². The minimum Gasteiger partial charge on any atom is -0.395 e. The molecule has 5 nitrogen and oxygen atoms in total. The molecule has 2 N–H and O–H groups in total. The van der Waals surface area contributed by atoms with Crippen LogP contribution in [0.3, 0.4) is 0 Å². The maximum atomic E-state index is 12.3. The molecule has 2 rings (SSSR count). The van der Waals surface area contributed by atoms with E-state index in [1.54, 1.807) is 29.2 Å². The van der Waals surface area contributed by atoms with Crippen molar-refractivity contribution in [3.63, 3.8) is 0 Å². The summed E-state index contributed by atoms with van der Waals surface area (Å²) in [6, 6.07) is 18.2. The van der Waals surface area contributed by atoms with Crippen LogP contribution in [0.25, 0.3) is 0 Å². The molecule has 0 heterocycles. The van der Waals surface area contributed by atoms with Crippen LogP contribution in [0.5, 0.6) is 0 Å². The normalized spacial score (nSPS) is 10.8. The van der Waals surface area contributed by atoms with E-state index in [4.69, 9.17) is 11.6 Å². The highest BCUT2D eigenvalue weighted by Crippen LogP contribution is 2.16. The first kappa shape index (κ1) is 18.5. The molecule has 0 saturated carbocycles. The zero-order valence-electron chi connectivity index (χ0n) is 13.5. The van der Waals surface area contributed by atoms with Crippen molar-refractivity contribution in [3.8, 4) is 6.07 Å². The number of nitrogens with one attached hydrogen (secondary N) is 1. The summed E-state index contributed by atoms with van der Waals surface area (Å²) in [6.45, 7) is 0.708. The summed E-state index contributed by atoms with van der Waals surface area (Å²) in [6.07, 6.45) is 1.46. The van der Waals surface area contributed by atoms with E-state index in [-0.39, 0.29) is 12.2 Å². The van der Waals surface area contributed by atoms with Crippen molar-refractivity contribution < 1.29 is 9.90 Å². The smallest absolute Gasteiger partial charge is 0.267 e. The molecule has 2 aromatic carbocycles. The van der Waals surface area contributed by atoms with Crippen molar-refractivity contribution in [2.75, 3.05) is 18.5 Å². The fraction of sp³-hybridized carbons (Fsp3) is 0.158. The lowest BCUT2D eigenvalue weighted by Gasteiger charge is -2.20. The zero-order chi connectivity index (χ0) is 18.1. The number of amides is 1. The molecular formula is C19H18ClN3O2. The number of hydrogen-bond acceptors (Lipinski definition) is 4. The Hall–Kier alpha value is -2.81. The van der Waals surface area contributed by atoms with Crippen LogP contribution in [0.2, 0.25) is 5.02 Å². The fourth-order valence-corrected chi connectivity index (χ4v) is 2.41. The van der Waals surface area contributed by atoms with Crippen LogP contribution in [0.4, 0.5) is 5.69 Å². The van der Waals surface area contributed by atoms with Gasteiger partial charge < -0.3 is 15.3 Å². The lowest BCUT2D eigenvalue weighted by Crippen LogP contribution is -2.23. The summed E-state index contributed by atoms with van der Waals surface area (Å²) in [4.78, 5) is 14.0. The van der Waals surface area contributed by atoms with Gasteiger partial charge in [-0.05, 0) is 23.8 Å². The second kappa shape index (κ2) is 9.48. The molecule has 128 valence electrons. The topological polar surface area (TPSA) is 76.4 Å². The van der Waals surface area contributed by atoms with E-state index < -0.39 is 5.91 Å². The highest BCUT2D eigenvalue weighted by atomic mass is 35.5. The van der Waals surface area contributed by atoms with Crippen LogP contribution in [0.15, 0.2) is 66.4 Å². The van der Waals surface area contributed by atoms with Crippen molar-refractivity contribution in [2.24, 2.45) is 0 Å². The zero-order valence-corrected chi connectivity index (χ0v) is 14.3. The molecule has 0 unspecified atom stereocenters. The molecule has 0 saturated heterocycles. The summed E-state index contributed by atoms with van der Waals surface area (Å²) in [5.41, 5.74) is 1.47. The maximum Gasteiger partial charge on any atom is 0.267 e. The number of aliphatic hydroxyl groups is 1. The van der Waals surface area contributed by atoms with E-state index in [1.807, 2.05) is 36.4 Å². The van der Waals surface area contributed by atoms with Crippen molar-refractivity contribution in [3.05, 3.63) is 77.0 Å². The first-order valence-electron chi connectivity index (χ1n) is 7.70. The lowest BCUT2D eigenvalue weighted by atomic mass is 10.2. The van der Waals surface area contributed by atoms with Crippen LogP contribution >= 0.6 is 11.6 Å². The van der Waals surface area contributed by atoms with Gasteiger partial charge in [0.15, 0.2) is 0 Å². The number of halogens is 1. The third-order valence-electron chi connectivity index (χ3n) is 3.37. The molecule has 0 bridgehead atoms. The average molecular weight is 356 g/mol.